The molecule has 0 radical (unpaired) electrons. The van der Waals surface area contributed by atoms with Crippen molar-refractivity contribution < 1.29 is 13.7 Å². The lowest BCUT2D eigenvalue weighted by Crippen LogP contribution is -2.13. The molecule has 3 aromatic rings. The van der Waals surface area contributed by atoms with Gasteiger partial charge in [-0.3, -0.25) is 9.78 Å². The van der Waals surface area contributed by atoms with Gasteiger partial charge >= 0.3 is 0 Å². The van der Waals surface area contributed by atoms with Gasteiger partial charge in [0.25, 0.3) is 5.91 Å². The van der Waals surface area contributed by atoms with Crippen LogP contribution in [-0.2, 0) is 0 Å². The van der Waals surface area contributed by atoms with Gasteiger partial charge in [0, 0.05) is 6.07 Å². The lowest BCUT2D eigenvalue weighted by Gasteiger charge is -2.09. The van der Waals surface area contributed by atoms with Gasteiger partial charge in [0.2, 0.25) is 5.76 Å². The molecule has 0 aliphatic carbocycles. The van der Waals surface area contributed by atoms with E-state index in [0.717, 1.165) is 0 Å². The number of aromatic nitrogens is 2. The topological polar surface area (TPSA) is 94.0 Å². The number of nitrogens with two attached hydrogens (primary N) is 1. The number of nitrogens with zero attached hydrogens (tertiary/aromatic N) is 2. The zero-order valence-corrected chi connectivity index (χ0v) is 11.1. The number of carbonyl (C=O) groups is 1. The fraction of sp³-hybridized carbons (Fsp3) is 0.0714. The van der Waals surface area contributed by atoms with Gasteiger partial charge in [0.05, 0.1) is 34.2 Å². The number of amides is 1. The maximum Gasteiger partial charge on any atom is 0.294 e. The van der Waals surface area contributed by atoms with Crippen molar-refractivity contribution in [1.82, 2.24) is 10.1 Å². The molecule has 3 rings (SSSR count). The van der Waals surface area contributed by atoms with Crippen molar-refractivity contribution in [3.8, 4) is 0 Å². The van der Waals surface area contributed by atoms with Crippen LogP contribution in [0, 0.1) is 12.7 Å². The van der Waals surface area contributed by atoms with Gasteiger partial charge in [-0.05, 0) is 19.1 Å². The van der Waals surface area contributed by atoms with Gasteiger partial charge in [0.15, 0.2) is 0 Å². The summed E-state index contributed by atoms with van der Waals surface area (Å²) >= 11 is 0. The fourth-order valence-corrected chi connectivity index (χ4v) is 1.98. The molecule has 0 fully saturated rings. The van der Waals surface area contributed by atoms with Crippen LogP contribution in [0.1, 0.15) is 16.2 Å². The summed E-state index contributed by atoms with van der Waals surface area (Å²) in [5, 5.41) is 6.33. The van der Waals surface area contributed by atoms with Gasteiger partial charge in [-0.1, -0.05) is 11.2 Å². The first-order valence-electron chi connectivity index (χ1n) is 6.13. The molecule has 21 heavy (non-hydrogen) atoms. The maximum atomic E-state index is 13.8. The van der Waals surface area contributed by atoms with E-state index >= 15 is 0 Å². The number of carbonyl (C=O) groups excluding carboxylic acids is 1. The summed E-state index contributed by atoms with van der Waals surface area (Å²) in [4.78, 5) is 16.1. The summed E-state index contributed by atoms with van der Waals surface area (Å²) in [7, 11) is 0. The van der Waals surface area contributed by atoms with Crippen molar-refractivity contribution in [1.29, 1.82) is 0 Å². The molecule has 3 N–H and O–H groups in total. The minimum absolute atomic E-state index is 0.0422. The van der Waals surface area contributed by atoms with Crippen molar-refractivity contribution in [3.05, 3.63) is 47.7 Å². The van der Waals surface area contributed by atoms with Gasteiger partial charge in [-0.15, -0.1) is 0 Å². The Kier molecular flexibility index (Phi) is 3.02. The summed E-state index contributed by atoms with van der Waals surface area (Å²) in [6.45, 7) is 1.70. The monoisotopic (exact) mass is 286 g/mol. The number of anilines is 2. The summed E-state index contributed by atoms with van der Waals surface area (Å²) in [5.74, 6) is -0.982. The van der Waals surface area contributed by atoms with E-state index in [9.17, 15) is 9.18 Å². The molecule has 0 saturated carbocycles. The molecule has 1 amide bonds. The van der Waals surface area contributed by atoms with Gasteiger partial charge in [-0.2, -0.15) is 0 Å². The van der Waals surface area contributed by atoms with Crippen molar-refractivity contribution in [2.75, 3.05) is 11.1 Å². The van der Waals surface area contributed by atoms with Crippen molar-refractivity contribution in [3.63, 3.8) is 0 Å². The van der Waals surface area contributed by atoms with Crippen LogP contribution in [0.2, 0.25) is 0 Å². The molecular weight excluding hydrogens is 275 g/mol. The first-order chi connectivity index (χ1) is 10.1. The standard InChI is InChI=1S/C14H11FN4O2/c1-7-5-11(21-19-7)14(20)18-10-6-17-9-4-2-3-8(15)12(9)13(10)16/h2-6H,1H3,(H2,16,17)(H,18,20). The Balaban J connectivity index is 2.00. The molecule has 2 heterocycles. The lowest BCUT2D eigenvalue weighted by molar-refractivity contribution is 0.0988. The minimum atomic E-state index is -0.528. The third-order valence-corrected chi connectivity index (χ3v) is 2.98. The molecule has 0 atom stereocenters. The zero-order chi connectivity index (χ0) is 15.0. The molecular formula is C14H11FN4O2. The molecule has 2 aromatic heterocycles. The Bertz CT molecular complexity index is 844. The molecule has 0 saturated heterocycles. The van der Waals surface area contributed by atoms with Crippen LogP contribution in [0.3, 0.4) is 0 Å². The van der Waals surface area contributed by atoms with Gasteiger partial charge in [-0.25, -0.2) is 4.39 Å². The quantitative estimate of drug-likeness (QED) is 0.754. The molecule has 106 valence electrons. The van der Waals surface area contributed by atoms with Crippen LogP contribution in [0.4, 0.5) is 15.8 Å². The molecule has 6 nitrogen and oxygen atoms in total. The molecule has 0 aliphatic heterocycles. The Morgan fingerprint density at radius 3 is 2.95 bits per heavy atom. The highest BCUT2D eigenvalue weighted by molar-refractivity contribution is 6.07. The Morgan fingerprint density at radius 2 is 2.24 bits per heavy atom. The van der Waals surface area contributed by atoms with Crippen LogP contribution >= 0.6 is 0 Å². The third-order valence-electron chi connectivity index (χ3n) is 2.98. The smallest absolute Gasteiger partial charge is 0.294 e. The SMILES string of the molecule is Cc1cc(C(=O)Nc2cnc3cccc(F)c3c2N)on1. The van der Waals surface area contributed by atoms with Crippen molar-refractivity contribution >= 4 is 28.2 Å². The molecule has 0 spiro atoms. The van der Waals surface area contributed by atoms with E-state index in [1.807, 2.05) is 0 Å². The summed E-state index contributed by atoms with van der Waals surface area (Å²) in [5.41, 5.74) is 7.24. The van der Waals surface area contributed by atoms with Crippen molar-refractivity contribution in [2.45, 2.75) is 6.92 Å². The summed E-state index contributed by atoms with van der Waals surface area (Å²) in [6.07, 6.45) is 1.37. The maximum absolute atomic E-state index is 13.8. The molecule has 1 aromatic carbocycles. The van der Waals surface area contributed by atoms with Crippen LogP contribution < -0.4 is 11.1 Å². The molecule has 0 bridgehead atoms. The molecule has 7 heteroatoms. The number of nitrogens with one attached hydrogen (secondary N) is 1. The van der Waals surface area contributed by atoms with E-state index in [-0.39, 0.29) is 22.5 Å². The van der Waals surface area contributed by atoms with Crippen LogP contribution in [0.15, 0.2) is 35.0 Å². The highest BCUT2D eigenvalue weighted by Crippen LogP contribution is 2.29. The highest BCUT2D eigenvalue weighted by Gasteiger charge is 2.16. The second-order valence-electron chi connectivity index (χ2n) is 4.51. The Hall–Kier alpha value is -2.96. The summed E-state index contributed by atoms with van der Waals surface area (Å²) in [6, 6.07) is 5.95. The number of fused-ring (bicyclic) bond motifs is 1. The van der Waals surface area contributed by atoms with E-state index in [4.69, 9.17) is 10.3 Å². The largest absolute Gasteiger partial charge is 0.396 e. The second kappa shape index (κ2) is 4.86. The molecule has 0 unspecified atom stereocenters. The minimum Gasteiger partial charge on any atom is -0.396 e. The van der Waals surface area contributed by atoms with E-state index in [1.54, 1.807) is 19.1 Å². The van der Waals surface area contributed by atoms with E-state index < -0.39 is 11.7 Å². The Morgan fingerprint density at radius 1 is 1.43 bits per heavy atom. The van der Waals surface area contributed by atoms with Crippen LogP contribution in [0.5, 0.6) is 0 Å². The predicted molar refractivity (Wildman–Crippen MR) is 75.3 cm³/mol. The average Bonchev–Trinajstić information content (AvgIpc) is 2.89. The first kappa shape index (κ1) is 13.0. The van der Waals surface area contributed by atoms with Gasteiger partial charge < -0.3 is 15.6 Å². The fourth-order valence-electron chi connectivity index (χ4n) is 1.98. The number of rotatable bonds is 2. The van der Waals surface area contributed by atoms with Crippen LogP contribution in [-0.4, -0.2) is 16.0 Å². The first-order valence-corrected chi connectivity index (χ1v) is 6.13. The van der Waals surface area contributed by atoms with Crippen LogP contribution in [0.25, 0.3) is 10.9 Å². The van der Waals surface area contributed by atoms with E-state index in [2.05, 4.69) is 15.5 Å². The normalized spacial score (nSPS) is 10.8. The highest BCUT2D eigenvalue weighted by atomic mass is 19.1. The van der Waals surface area contributed by atoms with E-state index in [1.165, 1.54) is 18.3 Å². The van der Waals surface area contributed by atoms with Gasteiger partial charge in [0.1, 0.15) is 5.82 Å². The Labute approximate surface area is 118 Å². The average molecular weight is 286 g/mol. The summed E-state index contributed by atoms with van der Waals surface area (Å²) < 4.78 is 18.7. The number of pyridine rings is 1. The number of aryl methyl sites for hydroxylation is 1. The second-order valence-corrected chi connectivity index (χ2v) is 4.51. The number of halogens is 1. The zero-order valence-electron chi connectivity index (χ0n) is 11.1. The number of nitrogen functional groups attached to an aromatic ring is 1. The predicted octanol–water partition coefficient (Wildman–Crippen LogP) is 2.50. The molecule has 0 aliphatic rings. The van der Waals surface area contributed by atoms with E-state index in [0.29, 0.717) is 11.2 Å². The van der Waals surface area contributed by atoms with Crippen molar-refractivity contribution in [2.24, 2.45) is 0 Å². The lowest BCUT2D eigenvalue weighted by atomic mass is 10.1. The third kappa shape index (κ3) is 2.29. The number of hydrogen-bond donors (Lipinski definition) is 2. The number of benzene rings is 1. The number of hydrogen-bond acceptors (Lipinski definition) is 5.